The average Bonchev–Trinajstić information content (AvgIpc) is 3.71. The third kappa shape index (κ3) is 9.05. The van der Waals surface area contributed by atoms with E-state index < -0.39 is 24.2 Å². The lowest BCUT2D eigenvalue weighted by Crippen LogP contribution is -2.25. The number of benzene rings is 4. The normalized spacial score (nSPS) is 11.2. The molecule has 4 aromatic carbocycles. The second-order valence-corrected chi connectivity index (χ2v) is 14.3. The fourth-order valence-electron chi connectivity index (χ4n) is 4.79. The Kier molecular flexibility index (Phi) is 12.5. The maximum Gasteiger partial charge on any atom is 0.450 e. The van der Waals surface area contributed by atoms with E-state index in [1.807, 2.05) is 30.3 Å². The number of hydrogen-bond donors (Lipinski definition) is 0. The van der Waals surface area contributed by atoms with Crippen LogP contribution in [0.4, 0.5) is 13.2 Å². The van der Waals surface area contributed by atoms with Gasteiger partial charge in [0.05, 0.1) is 37.9 Å². The topological polar surface area (TPSA) is 86.9 Å². The Balaban J connectivity index is 0.000000206. The van der Waals surface area contributed by atoms with Crippen molar-refractivity contribution in [1.82, 2.24) is 19.1 Å². The predicted octanol–water partition coefficient (Wildman–Crippen LogP) is 12.1. The highest BCUT2D eigenvalue weighted by atomic mass is 79.9. The summed E-state index contributed by atoms with van der Waals surface area (Å²) in [7, 11) is 0. The molecule has 16 heteroatoms. The maximum absolute atomic E-state index is 12.5. The van der Waals surface area contributed by atoms with Crippen LogP contribution < -0.4 is 0 Å². The number of ketones is 3. The molecule has 0 aliphatic heterocycles. The van der Waals surface area contributed by atoms with Gasteiger partial charge in [-0.15, -0.1) is 0 Å². The van der Waals surface area contributed by atoms with Crippen LogP contribution in [0.15, 0.2) is 106 Å². The number of halogens is 9. The lowest BCUT2D eigenvalue weighted by molar-refractivity contribution is -0.170. The molecule has 2 aromatic heterocycles. The van der Waals surface area contributed by atoms with Gasteiger partial charge < -0.3 is 0 Å². The molecule has 0 aliphatic rings. The second kappa shape index (κ2) is 16.5. The van der Waals surface area contributed by atoms with Crippen molar-refractivity contribution in [2.24, 2.45) is 0 Å². The Labute approximate surface area is 331 Å². The summed E-state index contributed by atoms with van der Waals surface area (Å²) in [5, 5.41) is 1.72. The zero-order chi connectivity index (χ0) is 37.9. The van der Waals surface area contributed by atoms with Crippen molar-refractivity contribution in [1.29, 1.82) is 0 Å². The number of nitrogens with zero attached hydrogens (tertiary/aromatic N) is 4. The van der Waals surface area contributed by atoms with Gasteiger partial charge in [0.1, 0.15) is 23.0 Å². The molecule has 0 amide bonds. The fourth-order valence-corrected chi connectivity index (χ4v) is 6.76. The third-order valence-corrected chi connectivity index (χ3v) is 9.51. The van der Waals surface area contributed by atoms with Crippen LogP contribution in [0.5, 0.6) is 0 Å². The Morgan fingerprint density at radius 3 is 1.48 bits per heavy atom. The van der Waals surface area contributed by atoms with Crippen molar-refractivity contribution < 1.29 is 27.6 Å². The van der Waals surface area contributed by atoms with Crippen molar-refractivity contribution in [2.45, 2.75) is 19.5 Å². The number of Topliss-reactive ketones (excluding diaryl/α,β-unsaturated/α-hetero) is 3. The van der Waals surface area contributed by atoms with Gasteiger partial charge in [0.15, 0.2) is 11.6 Å². The maximum atomic E-state index is 12.5. The third-order valence-electron chi connectivity index (χ3n) is 7.26. The van der Waals surface area contributed by atoms with Gasteiger partial charge >= 0.3 is 6.18 Å². The molecule has 0 atom stereocenters. The molecule has 0 bridgehead atoms. The van der Waals surface area contributed by atoms with Crippen LogP contribution in [0, 0.1) is 0 Å². The highest BCUT2D eigenvalue weighted by molar-refractivity contribution is 9.10. The standard InChI is InChI=1S/C19H10BrCl2F3N2O2.C17H11BrCl2N2O/c20-10-5-6-15(13(22)7-10)27-9-14(16(28)8-17(29)19(23,24)25)26-18(27)11-3-1-2-4-12(11)21;1-10(23)15-9-22(16-7-6-11(18)8-14(16)20)17(21-15)12-4-2-3-5-13(12)19/h1-7,9H,8H2;2-9H,1H3. The molecule has 0 radical (unpaired) electrons. The smallest absolute Gasteiger partial charge is 0.297 e. The summed E-state index contributed by atoms with van der Waals surface area (Å²) in [5.74, 6) is -2.55. The first-order chi connectivity index (χ1) is 24.5. The van der Waals surface area contributed by atoms with Crippen molar-refractivity contribution in [3.63, 3.8) is 0 Å². The summed E-state index contributed by atoms with van der Waals surface area (Å²) in [5.41, 5.74) is 2.38. The first-order valence-electron chi connectivity index (χ1n) is 14.8. The molecule has 52 heavy (non-hydrogen) atoms. The molecule has 0 unspecified atom stereocenters. The number of rotatable bonds is 8. The Morgan fingerprint density at radius 1 is 0.654 bits per heavy atom. The predicted molar refractivity (Wildman–Crippen MR) is 203 cm³/mol. The lowest BCUT2D eigenvalue weighted by atomic mass is 10.1. The molecule has 0 spiro atoms. The summed E-state index contributed by atoms with van der Waals surface area (Å²) in [6.45, 7) is 1.48. The molecule has 0 saturated carbocycles. The van der Waals surface area contributed by atoms with E-state index in [2.05, 4.69) is 41.8 Å². The van der Waals surface area contributed by atoms with Gasteiger partial charge in [0, 0.05) is 39.4 Å². The molecule has 6 aromatic rings. The van der Waals surface area contributed by atoms with Crippen LogP contribution in [0.1, 0.15) is 34.3 Å². The first kappa shape index (κ1) is 39.4. The fraction of sp³-hybridized carbons (Fsp3) is 0.0833. The van der Waals surface area contributed by atoms with E-state index in [9.17, 15) is 27.6 Å². The van der Waals surface area contributed by atoms with Crippen LogP contribution in [0.3, 0.4) is 0 Å². The zero-order valence-electron chi connectivity index (χ0n) is 26.4. The van der Waals surface area contributed by atoms with Gasteiger partial charge in [-0.2, -0.15) is 13.2 Å². The molecule has 2 heterocycles. The van der Waals surface area contributed by atoms with Gasteiger partial charge in [-0.1, -0.05) is 103 Å². The summed E-state index contributed by atoms with van der Waals surface area (Å²) in [6.07, 6.45) is -3.52. The zero-order valence-corrected chi connectivity index (χ0v) is 32.6. The Hall–Kier alpha value is -3.78. The second-order valence-electron chi connectivity index (χ2n) is 10.9. The van der Waals surface area contributed by atoms with Gasteiger partial charge in [0.2, 0.25) is 5.78 Å². The molecule has 266 valence electrons. The van der Waals surface area contributed by atoms with Crippen molar-refractivity contribution in [3.8, 4) is 34.2 Å². The molecule has 7 nitrogen and oxygen atoms in total. The van der Waals surface area contributed by atoms with E-state index in [0.717, 1.165) is 15.7 Å². The SMILES string of the molecule is CC(=O)c1cn(-c2ccc(Br)cc2Cl)c(-c2ccccc2Cl)n1.O=C(CC(=O)C(F)(F)F)c1cn(-c2ccc(Br)cc2Cl)c(-c2ccccc2Cl)n1. The Morgan fingerprint density at radius 2 is 1.08 bits per heavy atom. The first-order valence-corrected chi connectivity index (χ1v) is 17.9. The van der Waals surface area contributed by atoms with Gasteiger partial charge in [0.25, 0.3) is 0 Å². The summed E-state index contributed by atoms with van der Waals surface area (Å²) in [6, 6.07) is 24.5. The lowest BCUT2D eigenvalue weighted by Gasteiger charge is -2.11. The number of aromatic nitrogens is 4. The quantitative estimate of drug-likeness (QED) is 0.112. The molecule has 0 fully saturated rings. The molecule has 0 saturated heterocycles. The molecule has 0 aliphatic carbocycles. The summed E-state index contributed by atoms with van der Waals surface area (Å²) < 4.78 is 42.4. The minimum Gasteiger partial charge on any atom is -0.297 e. The van der Waals surface area contributed by atoms with E-state index in [1.165, 1.54) is 17.7 Å². The van der Waals surface area contributed by atoms with Crippen LogP contribution in [-0.4, -0.2) is 42.6 Å². The molecule has 6 rings (SSSR count). The minimum atomic E-state index is -5.10. The van der Waals surface area contributed by atoms with Gasteiger partial charge in [-0.25, -0.2) is 9.97 Å². The molecular formula is C36H21Br2Cl4F3N4O3. The van der Waals surface area contributed by atoms with Gasteiger partial charge in [-0.3, -0.25) is 23.5 Å². The van der Waals surface area contributed by atoms with Crippen LogP contribution in [0.25, 0.3) is 34.2 Å². The molecular weight excluding hydrogens is 895 g/mol. The number of carbonyl (C=O) groups excluding carboxylic acids is 3. The highest BCUT2D eigenvalue weighted by Gasteiger charge is 2.39. The van der Waals surface area contributed by atoms with Crippen molar-refractivity contribution >= 4 is 95.6 Å². The summed E-state index contributed by atoms with van der Waals surface area (Å²) >= 11 is 31.9. The summed E-state index contributed by atoms with van der Waals surface area (Å²) in [4.78, 5) is 43.8. The van der Waals surface area contributed by atoms with E-state index in [-0.39, 0.29) is 17.3 Å². The van der Waals surface area contributed by atoms with Crippen molar-refractivity contribution in [2.75, 3.05) is 0 Å². The van der Waals surface area contributed by atoms with E-state index in [4.69, 9.17) is 46.4 Å². The Bertz CT molecular complexity index is 2340. The van der Waals surface area contributed by atoms with Gasteiger partial charge in [-0.05, 0) is 60.7 Å². The number of hydrogen-bond acceptors (Lipinski definition) is 5. The number of carbonyl (C=O) groups is 3. The monoisotopic (exact) mass is 912 g/mol. The number of imidazole rings is 2. The minimum absolute atomic E-state index is 0.120. The van der Waals surface area contributed by atoms with Crippen LogP contribution in [0.2, 0.25) is 20.1 Å². The number of alkyl halides is 3. The average molecular weight is 916 g/mol. The highest BCUT2D eigenvalue weighted by Crippen LogP contribution is 2.35. The van der Waals surface area contributed by atoms with Crippen molar-refractivity contribution in [3.05, 3.63) is 138 Å². The van der Waals surface area contributed by atoms with E-state index in [1.54, 1.807) is 65.4 Å². The van der Waals surface area contributed by atoms with Crippen LogP contribution in [-0.2, 0) is 4.79 Å². The molecule has 0 N–H and O–H groups in total. The van der Waals surface area contributed by atoms with E-state index in [0.29, 0.717) is 47.3 Å². The largest absolute Gasteiger partial charge is 0.450 e. The van der Waals surface area contributed by atoms with Crippen LogP contribution >= 0.6 is 78.3 Å². The van der Waals surface area contributed by atoms with E-state index >= 15 is 0 Å².